The lowest BCUT2D eigenvalue weighted by molar-refractivity contribution is -0.254. The molecule has 0 saturated carbocycles. The van der Waals surface area contributed by atoms with Gasteiger partial charge in [0.1, 0.15) is 17.2 Å². The molecule has 1 heterocycles. The molecule has 0 aliphatic heterocycles. The molecule has 2 amide bonds. The molecule has 1 unspecified atom stereocenters. The maximum absolute atomic E-state index is 13.7. The van der Waals surface area contributed by atoms with Crippen molar-refractivity contribution in [1.82, 2.24) is 20.4 Å². The first kappa shape index (κ1) is 29.3. The zero-order chi connectivity index (χ0) is 29.1. The van der Waals surface area contributed by atoms with E-state index in [0.29, 0.717) is 12.1 Å². The van der Waals surface area contributed by atoms with Crippen molar-refractivity contribution in [3.8, 4) is 5.69 Å². The number of nitrogens with zero attached hydrogens (tertiary/aromatic N) is 2. The number of aliphatic hydroxyl groups is 1. The Hall–Kier alpha value is -4.21. The summed E-state index contributed by atoms with van der Waals surface area (Å²) in [5.74, 6) is -3.87. The normalized spacial score (nSPS) is 13.4. The van der Waals surface area contributed by atoms with E-state index in [4.69, 9.17) is 5.73 Å². The van der Waals surface area contributed by atoms with Crippen LogP contribution in [0.4, 0.5) is 40.9 Å². The molecule has 210 valence electrons. The Bertz CT molecular complexity index is 1320. The van der Waals surface area contributed by atoms with Crippen molar-refractivity contribution in [2.75, 3.05) is 18.8 Å². The summed E-state index contributed by atoms with van der Waals surface area (Å²) in [6.45, 7) is -3.25. The van der Waals surface area contributed by atoms with Gasteiger partial charge in [-0.15, -0.1) is 0 Å². The molecule has 3 aromatic rings. The molecule has 1 aromatic heterocycles. The van der Waals surface area contributed by atoms with E-state index in [-0.39, 0.29) is 11.5 Å². The van der Waals surface area contributed by atoms with Gasteiger partial charge in [0.25, 0.3) is 24.7 Å². The zero-order valence-electron chi connectivity index (χ0n) is 19.4. The van der Waals surface area contributed by atoms with Gasteiger partial charge in [0, 0.05) is 11.1 Å². The van der Waals surface area contributed by atoms with Crippen LogP contribution in [0.15, 0.2) is 48.7 Å². The number of rotatable bonds is 9. The van der Waals surface area contributed by atoms with Crippen LogP contribution in [0.25, 0.3) is 5.69 Å². The third-order valence-electron chi connectivity index (χ3n) is 5.56. The van der Waals surface area contributed by atoms with E-state index < -0.39 is 77.6 Å². The summed E-state index contributed by atoms with van der Waals surface area (Å²) in [5.41, 5.74) is -1.77. The average Bonchev–Trinajstić information content (AvgIpc) is 3.26. The predicted molar refractivity (Wildman–Crippen MR) is 120 cm³/mol. The van der Waals surface area contributed by atoms with Gasteiger partial charge in [-0.25, -0.2) is 26.6 Å². The van der Waals surface area contributed by atoms with E-state index in [0.717, 1.165) is 29.1 Å². The summed E-state index contributed by atoms with van der Waals surface area (Å²) >= 11 is 0. The summed E-state index contributed by atoms with van der Waals surface area (Å²) in [7, 11) is 0. The second-order valence-electron chi connectivity index (χ2n) is 8.14. The first-order valence-corrected chi connectivity index (χ1v) is 10.8. The van der Waals surface area contributed by atoms with Crippen molar-refractivity contribution >= 4 is 17.6 Å². The standard InChI is InChI=1S/C23H19F8N5O3/c24-11-4-6-12(7-5-11)36-19(32)15(8-35-36)20(37)33-9-22(39,23(29,30)31)10-34-21(38)16-13(17(25)26)2-1-3-14(16)18(27)28/h1-8,17-18,39H,9-10,32H2,(H,33,37)(H,34,38). The molecule has 0 spiro atoms. The third kappa shape index (κ3) is 6.27. The molecule has 0 aliphatic rings. The fourth-order valence-corrected chi connectivity index (χ4v) is 3.44. The number of hydrogen-bond acceptors (Lipinski definition) is 5. The van der Waals surface area contributed by atoms with Crippen molar-refractivity contribution in [1.29, 1.82) is 0 Å². The van der Waals surface area contributed by atoms with E-state index in [9.17, 15) is 49.8 Å². The van der Waals surface area contributed by atoms with Crippen molar-refractivity contribution < 1.29 is 49.8 Å². The number of nitrogens with two attached hydrogens (primary N) is 1. The van der Waals surface area contributed by atoms with Crippen LogP contribution in [0, 0.1) is 5.82 Å². The molecule has 39 heavy (non-hydrogen) atoms. The minimum Gasteiger partial charge on any atom is -0.383 e. The number of carbonyl (C=O) groups is 2. The van der Waals surface area contributed by atoms with Gasteiger partial charge in [-0.05, 0) is 24.3 Å². The minimum absolute atomic E-state index is 0.217. The fourth-order valence-electron chi connectivity index (χ4n) is 3.44. The van der Waals surface area contributed by atoms with Crippen LogP contribution in [-0.4, -0.2) is 51.6 Å². The first-order valence-electron chi connectivity index (χ1n) is 10.8. The van der Waals surface area contributed by atoms with Gasteiger partial charge >= 0.3 is 6.18 Å². The Morgan fingerprint density at radius 2 is 1.44 bits per heavy atom. The van der Waals surface area contributed by atoms with E-state index >= 15 is 0 Å². The largest absolute Gasteiger partial charge is 0.420 e. The highest BCUT2D eigenvalue weighted by atomic mass is 19.4. The van der Waals surface area contributed by atoms with Gasteiger partial charge in [0.05, 0.1) is 30.5 Å². The number of benzene rings is 2. The second kappa shape index (κ2) is 11.3. The molecule has 0 aliphatic carbocycles. The third-order valence-corrected chi connectivity index (χ3v) is 5.56. The number of amides is 2. The van der Waals surface area contributed by atoms with Gasteiger partial charge in [0.2, 0.25) is 0 Å². The smallest absolute Gasteiger partial charge is 0.383 e. The fraction of sp³-hybridized carbons (Fsp3) is 0.261. The first-order chi connectivity index (χ1) is 18.2. The summed E-state index contributed by atoms with van der Waals surface area (Å²) in [6.07, 6.45) is -11.4. The van der Waals surface area contributed by atoms with Crippen molar-refractivity contribution in [3.05, 3.63) is 76.7 Å². The number of nitrogens with one attached hydrogen (secondary N) is 2. The van der Waals surface area contributed by atoms with Crippen molar-refractivity contribution in [2.45, 2.75) is 24.6 Å². The van der Waals surface area contributed by atoms with Crippen LogP contribution in [0.1, 0.15) is 44.7 Å². The lowest BCUT2D eigenvalue weighted by Crippen LogP contribution is -2.59. The molecule has 0 radical (unpaired) electrons. The maximum atomic E-state index is 13.7. The Kier molecular flexibility index (Phi) is 8.48. The molecular weight excluding hydrogens is 546 g/mol. The highest BCUT2D eigenvalue weighted by Crippen LogP contribution is 2.32. The lowest BCUT2D eigenvalue weighted by Gasteiger charge is -2.31. The van der Waals surface area contributed by atoms with Crippen molar-refractivity contribution in [2.24, 2.45) is 0 Å². The zero-order valence-corrected chi connectivity index (χ0v) is 19.4. The highest BCUT2D eigenvalue weighted by molar-refractivity contribution is 5.99. The molecule has 3 rings (SSSR count). The lowest BCUT2D eigenvalue weighted by atomic mass is 9.99. The van der Waals surface area contributed by atoms with Crippen LogP contribution in [0.5, 0.6) is 0 Å². The quantitative estimate of drug-likeness (QED) is 0.293. The molecule has 0 saturated heterocycles. The highest BCUT2D eigenvalue weighted by Gasteiger charge is 2.54. The van der Waals surface area contributed by atoms with Crippen molar-refractivity contribution in [3.63, 3.8) is 0 Å². The summed E-state index contributed by atoms with van der Waals surface area (Å²) in [6, 6.07) is 6.78. The van der Waals surface area contributed by atoms with E-state index in [1.54, 1.807) is 10.6 Å². The van der Waals surface area contributed by atoms with Gasteiger partial charge in [0.15, 0.2) is 5.60 Å². The molecule has 0 fully saturated rings. The van der Waals surface area contributed by atoms with Gasteiger partial charge in [-0.1, -0.05) is 18.2 Å². The van der Waals surface area contributed by atoms with Crippen LogP contribution in [0.3, 0.4) is 0 Å². The topological polar surface area (TPSA) is 122 Å². The van der Waals surface area contributed by atoms with E-state index in [1.165, 1.54) is 12.1 Å². The summed E-state index contributed by atoms with van der Waals surface area (Å²) < 4.78 is 108. The number of alkyl halides is 7. The Morgan fingerprint density at radius 1 is 0.923 bits per heavy atom. The molecule has 16 heteroatoms. The van der Waals surface area contributed by atoms with E-state index in [2.05, 4.69) is 5.10 Å². The van der Waals surface area contributed by atoms with Gasteiger partial charge in [-0.2, -0.15) is 18.3 Å². The number of aromatic nitrogens is 2. The van der Waals surface area contributed by atoms with Gasteiger partial charge in [-0.3, -0.25) is 9.59 Å². The Morgan fingerprint density at radius 3 is 1.92 bits per heavy atom. The monoisotopic (exact) mass is 565 g/mol. The molecular formula is C23H19F8N5O3. The van der Waals surface area contributed by atoms with E-state index in [1.807, 2.05) is 0 Å². The van der Waals surface area contributed by atoms with Crippen LogP contribution in [-0.2, 0) is 0 Å². The maximum Gasteiger partial charge on any atom is 0.420 e. The number of carbonyl (C=O) groups excluding carboxylic acids is 2. The second-order valence-corrected chi connectivity index (χ2v) is 8.14. The van der Waals surface area contributed by atoms with Gasteiger partial charge < -0.3 is 21.5 Å². The number of nitrogen functional groups attached to an aromatic ring is 1. The SMILES string of the molecule is Nc1c(C(=O)NCC(O)(CNC(=O)c2c(C(F)F)cccc2C(F)F)C(F)(F)F)cnn1-c1ccc(F)cc1. The minimum atomic E-state index is -5.49. The number of anilines is 1. The number of hydrogen-bond donors (Lipinski definition) is 4. The molecule has 0 bridgehead atoms. The molecule has 2 aromatic carbocycles. The average molecular weight is 565 g/mol. The molecule has 1 atom stereocenters. The molecule has 5 N–H and O–H groups in total. The summed E-state index contributed by atoms with van der Waals surface area (Å²) in [4.78, 5) is 24.9. The van der Waals surface area contributed by atoms with Crippen LogP contribution in [0.2, 0.25) is 0 Å². The predicted octanol–water partition coefficient (Wildman–Crippen LogP) is 3.92. The molecule has 8 nitrogen and oxygen atoms in total. The van der Waals surface area contributed by atoms with Crippen LogP contribution >= 0.6 is 0 Å². The van der Waals surface area contributed by atoms with Crippen LogP contribution < -0.4 is 16.4 Å². The Labute approximate surface area is 214 Å². The summed E-state index contributed by atoms with van der Waals surface area (Å²) in [5, 5.41) is 17.4. The Balaban J connectivity index is 1.78. The number of halogens is 8.